The molecule has 0 fully saturated rings. The van der Waals surface area contributed by atoms with Crippen LogP contribution in [-0.2, 0) is 49.8 Å². The SMILES string of the molecule is [Co].[Ni].[S]=[Zn]. The summed E-state index contributed by atoms with van der Waals surface area (Å²) in [5, 5.41) is 0. The van der Waals surface area contributed by atoms with Crippen molar-refractivity contribution in [1.29, 1.82) is 0 Å². The number of hydrogen-bond donors (Lipinski definition) is 0. The van der Waals surface area contributed by atoms with Gasteiger partial charge in [-0.15, -0.1) is 0 Å². The van der Waals surface area contributed by atoms with Gasteiger partial charge < -0.3 is 0 Å². The molecule has 0 rings (SSSR count). The molecule has 0 aromatic heterocycles. The molecule has 4 heavy (non-hydrogen) atoms. The van der Waals surface area contributed by atoms with Crippen LogP contribution in [0.25, 0.3) is 0 Å². The van der Waals surface area contributed by atoms with Crippen molar-refractivity contribution in [2.24, 2.45) is 0 Å². The molecular weight excluding hydrogens is 215 g/mol. The van der Waals surface area contributed by atoms with E-state index in [-0.39, 0.29) is 33.3 Å². The molecule has 0 aliphatic carbocycles. The van der Waals surface area contributed by atoms with Gasteiger partial charge in [-0.3, -0.25) is 0 Å². The van der Waals surface area contributed by atoms with E-state index in [0.717, 1.165) is 16.6 Å². The van der Waals surface area contributed by atoms with Crippen molar-refractivity contribution in [3.63, 3.8) is 0 Å². The first-order chi connectivity index (χ1) is 1.00. The first-order valence-corrected chi connectivity index (χ1v) is 4.50. The maximum atomic E-state index is 4.21. The van der Waals surface area contributed by atoms with Gasteiger partial charge in [0.15, 0.2) is 0 Å². The molecule has 0 spiro atoms. The summed E-state index contributed by atoms with van der Waals surface area (Å²) >= 11 is 0.958. The Kier molecular flexibility index (Phi) is 89.2. The molecule has 0 aliphatic heterocycles. The zero-order valence-electron chi connectivity index (χ0n) is 1.76. The van der Waals surface area contributed by atoms with Gasteiger partial charge in [0.1, 0.15) is 0 Å². The predicted molar refractivity (Wildman–Crippen MR) is 7.59 cm³/mol. The fourth-order valence-corrected chi connectivity index (χ4v) is 0. The van der Waals surface area contributed by atoms with Gasteiger partial charge >= 0.3 is 26.7 Å². The summed E-state index contributed by atoms with van der Waals surface area (Å²) in [4.78, 5) is 0. The van der Waals surface area contributed by atoms with E-state index in [1.54, 1.807) is 0 Å². The van der Waals surface area contributed by atoms with E-state index in [1.807, 2.05) is 0 Å². The second-order valence-electron chi connectivity index (χ2n) is 0. The molecule has 0 aliphatic rings. The van der Waals surface area contributed by atoms with Crippen molar-refractivity contribution < 1.29 is 49.8 Å². The van der Waals surface area contributed by atoms with Gasteiger partial charge in [-0.1, -0.05) is 0 Å². The van der Waals surface area contributed by atoms with Crippen molar-refractivity contribution in [3.8, 4) is 0 Å². The summed E-state index contributed by atoms with van der Waals surface area (Å²) in [7, 11) is 4.21. The summed E-state index contributed by atoms with van der Waals surface area (Å²) in [6, 6.07) is 0. The van der Waals surface area contributed by atoms with Crippen LogP contribution in [-0.4, -0.2) is 0 Å². The van der Waals surface area contributed by atoms with Gasteiger partial charge in [-0.2, -0.15) is 0 Å². The Morgan fingerprint density at radius 1 is 1.25 bits per heavy atom. The first kappa shape index (κ1) is 17.0. The van der Waals surface area contributed by atoms with Crippen molar-refractivity contribution >= 4 is 10.1 Å². The van der Waals surface area contributed by atoms with Gasteiger partial charge in [-0.25, -0.2) is 0 Å². The van der Waals surface area contributed by atoms with E-state index in [0.29, 0.717) is 0 Å². The van der Waals surface area contributed by atoms with E-state index in [4.69, 9.17) is 0 Å². The molecule has 0 nitrogen and oxygen atoms in total. The number of hydrogen-bond acceptors (Lipinski definition) is 1. The Labute approximate surface area is 59.5 Å². The average molecular weight is 215 g/mol. The molecule has 0 atom stereocenters. The normalized spacial score (nSPS) is 1.50. The van der Waals surface area contributed by atoms with Gasteiger partial charge in [0, 0.05) is 33.3 Å². The van der Waals surface area contributed by atoms with E-state index in [1.165, 1.54) is 0 Å². The molecule has 0 heterocycles. The van der Waals surface area contributed by atoms with Crippen molar-refractivity contribution in [2.45, 2.75) is 0 Å². The van der Waals surface area contributed by atoms with Gasteiger partial charge in [0.2, 0.25) is 0 Å². The first-order valence-electron chi connectivity index (χ1n) is 0.289. The summed E-state index contributed by atoms with van der Waals surface area (Å²) < 4.78 is 0. The molecule has 1 radical (unpaired) electrons. The van der Waals surface area contributed by atoms with E-state index in [2.05, 4.69) is 10.1 Å². The van der Waals surface area contributed by atoms with Crippen LogP contribution in [0.1, 0.15) is 0 Å². The molecule has 27 valence electrons. The van der Waals surface area contributed by atoms with Crippen molar-refractivity contribution in [2.75, 3.05) is 0 Å². The van der Waals surface area contributed by atoms with Crippen LogP contribution >= 0.6 is 10.1 Å². The third-order valence-corrected chi connectivity index (χ3v) is 0. The zero-order chi connectivity index (χ0) is 2.00. The fourth-order valence-electron chi connectivity index (χ4n) is 0. The molecule has 0 aromatic rings. The fraction of sp³-hybridized carbons (Fsp3) is 0. The Morgan fingerprint density at radius 2 is 1.25 bits per heavy atom. The Balaban J connectivity index is -0.00000000500. The van der Waals surface area contributed by atoms with Gasteiger partial charge in [0.05, 0.1) is 0 Å². The van der Waals surface area contributed by atoms with Crippen molar-refractivity contribution in [3.05, 3.63) is 0 Å². The third kappa shape index (κ3) is 9.14. The monoisotopic (exact) mass is 213 g/mol. The average Bonchev–Trinajstić information content (AvgIpc) is 1.00. The zero-order valence-corrected chi connectivity index (χ0v) is 7.58. The predicted octanol–water partition coefficient (Wildman–Crippen LogP) is 0.641. The van der Waals surface area contributed by atoms with E-state index >= 15 is 0 Å². The molecule has 0 saturated carbocycles. The van der Waals surface area contributed by atoms with Gasteiger partial charge in [-0.05, 0) is 0 Å². The summed E-state index contributed by atoms with van der Waals surface area (Å²) in [6.45, 7) is 0. The molecule has 0 amide bonds. The molecular formula is CoNiSZn. The molecule has 0 unspecified atom stereocenters. The van der Waals surface area contributed by atoms with Crippen LogP contribution in [0.4, 0.5) is 0 Å². The standard InChI is InChI=1S/Co.Ni.S.Zn. The van der Waals surface area contributed by atoms with Crippen LogP contribution in [0.3, 0.4) is 0 Å². The summed E-state index contributed by atoms with van der Waals surface area (Å²) in [5.74, 6) is 0. The molecule has 4 heteroatoms. The molecule has 0 N–H and O–H groups in total. The van der Waals surface area contributed by atoms with Crippen molar-refractivity contribution in [1.82, 2.24) is 0 Å². The molecule has 0 aromatic carbocycles. The quantitative estimate of drug-likeness (QED) is 0.534. The number of rotatable bonds is 0. The van der Waals surface area contributed by atoms with Crippen LogP contribution in [0.2, 0.25) is 0 Å². The Bertz CT molecular complexity index is 8.00. The van der Waals surface area contributed by atoms with Crippen LogP contribution in [0.15, 0.2) is 0 Å². The van der Waals surface area contributed by atoms with Gasteiger partial charge in [0.25, 0.3) is 0 Å². The Hall–Kier alpha value is 1.84. The molecule has 0 bridgehead atoms. The van der Waals surface area contributed by atoms with Crippen LogP contribution in [0.5, 0.6) is 0 Å². The topological polar surface area (TPSA) is 0 Å². The second kappa shape index (κ2) is 21.1. The summed E-state index contributed by atoms with van der Waals surface area (Å²) in [6.07, 6.45) is 0. The minimum atomic E-state index is 0. The summed E-state index contributed by atoms with van der Waals surface area (Å²) in [5.41, 5.74) is 0. The van der Waals surface area contributed by atoms with Crippen LogP contribution in [0, 0.1) is 0 Å². The van der Waals surface area contributed by atoms with E-state index in [9.17, 15) is 0 Å². The van der Waals surface area contributed by atoms with Crippen LogP contribution < -0.4 is 0 Å². The van der Waals surface area contributed by atoms with E-state index < -0.39 is 0 Å². The minimum absolute atomic E-state index is 0. The second-order valence-corrected chi connectivity index (χ2v) is 0. The molecule has 0 saturated heterocycles. The maximum absolute atomic E-state index is 4.21. The Morgan fingerprint density at radius 3 is 1.25 bits per heavy atom. The third-order valence-electron chi connectivity index (χ3n) is 0.